The van der Waals surface area contributed by atoms with Crippen molar-refractivity contribution in [2.24, 2.45) is 0 Å². The van der Waals surface area contributed by atoms with Gasteiger partial charge in [-0.15, -0.1) is 0 Å². The first-order chi connectivity index (χ1) is 9.76. The average Bonchev–Trinajstić information content (AvgIpc) is 2.86. The van der Waals surface area contributed by atoms with Crippen LogP contribution in [0, 0.1) is 0 Å². The fourth-order valence-corrected chi connectivity index (χ4v) is 2.54. The summed E-state index contributed by atoms with van der Waals surface area (Å²) in [7, 11) is 0. The van der Waals surface area contributed by atoms with E-state index in [1.54, 1.807) is 11.8 Å². The maximum Gasteiger partial charge on any atom is 0.410 e. The van der Waals surface area contributed by atoms with Crippen molar-refractivity contribution in [1.82, 2.24) is 4.90 Å². The van der Waals surface area contributed by atoms with Crippen LogP contribution in [0.15, 0.2) is 24.3 Å². The van der Waals surface area contributed by atoms with Gasteiger partial charge in [0.15, 0.2) is 5.78 Å². The van der Waals surface area contributed by atoms with Crippen LogP contribution < -0.4 is 0 Å². The van der Waals surface area contributed by atoms with Gasteiger partial charge in [-0.05, 0) is 45.7 Å². The summed E-state index contributed by atoms with van der Waals surface area (Å²) in [5.41, 5.74) is 1.38. The van der Waals surface area contributed by atoms with E-state index in [4.69, 9.17) is 4.74 Å². The monoisotopic (exact) mass is 289 g/mol. The Morgan fingerprint density at radius 1 is 1.29 bits per heavy atom. The largest absolute Gasteiger partial charge is 0.444 e. The predicted octanol–water partition coefficient (Wildman–Crippen LogP) is 3.61. The summed E-state index contributed by atoms with van der Waals surface area (Å²) in [4.78, 5) is 25.3. The molecule has 0 radical (unpaired) electrons. The minimum Gasteiger partial charge on any atom is -0.444 e. The second-order valence-electron chi connectivity index (χ2n) is 6.59. The summed E-state index contributed by atoms with van der Waals surface area (Å²) in [6, 6.07) is 7.69. The van der Waals surface area contributed by atoms with Crippen molar-refractivity contribution < 1.29 is 14.3 Å². The van der Waals surface area contributed by atoms with E-state index in [-0.39, 0.29) is 17.8 Å². The van der Waals surface area contributed by atoms with Crippen LogP contribution >= 0.6 is 0 Å². The number of amides is 1. The maximum absolute atomic E-state index is 12.1. The van der Waals surface area contributed by atoms with Gasteiger partial charge < -0.3 is 9.64 Å². The van der Waals surface area contributed by atoms with Crippen LogP contribution in [0.2, 0.25) is 0 Å². The van der Waals surface area contributed by atoms with Crippen LogP contribution in [0.5, 0.6) is 0 Å². The third-order valence-corrected chi connectivity index (χ3v) is 3.60. The van der Waals surface area contributed by atoms with Crippen LogP contribution in [0.4, 0.5) is 4.79 Å². The van der Waals surface area contributed by atoms with Crippen LogP contribution in [-0.4, -0.2) is 35.5 Å². The molecule has 1 amide bonds. The van der Waals surface area contributed by atoms with Crippen molar-refractivity contribution >= 4 is 11.9 Å². The molecule has 1 aromatic rings. The number of ether oxygens (including phenoxy) is 1. The van der Waals surface area contributed by atoms with Crippen molar-refractivity contribution in [2.45, 2.75) is 45.6 Å². The zero-order chi connectivity index (χ0) is 15.6. The standard InChI is InChI=1S/C17H23NO3/c1-12(19)13-6-5-7-14(10-13)15-8-9-18(11-15)16(20)21-17(2,3)4/h5-7,10,15H,8-9,11H2,1-4H3. The number of rotatable bonds is 2. The Morgan fingerprint density at radius 3 is 2.62 bits per heavy atom. The highest BCUT2D eigenvalue weighted by atomic mass is 16.6. The van der Waals surface area contributed by atoms with Crippen molar-refractivity contribution in [3.8, 4) is 0 Å². The third-order valence-electron chi connectivity index (χ3n) is 3.60. The molecule has 1 aliphatic rings. The zero-order valence-corrected chi connectivity index (χ0v) is 13.2. The van der Waals surface area contributed by atoms with Gasteiger partial charge in [0, 0.05) is 24.6 Å². The smallest absolute Gasteiger partial charge is 0.410 e. The molecule has 4 nitrogen and oxygen atoms in total. The fourth-order valence-electron chi connectivity index (χ4n) is 2.54. The van der Waals surface area contributed by atoms with E-state index in [1.807, 2.05) is 45.0 Å². The van der Waals surface area contributed by atoms with Gasteiger partial charge in [-0.3, -0.25) is 4.79 Å². The number of carbonyl (C=O) groups is 2. The number of likely N-dealkylation sites (tertiary alicyclic amines) is 1. The van der Waals surface area contributed by atoms with Crippen LogP contribution in [-0.2, 0) is 4.74 Å². The Kier molecular flexibility index (Phi) is 4.35. The topological polar surface area (TPSA) is 46.6 Å². The van der Waals surface area contributed by atoms with Gasteiger partial charge in [0.05, 0.1) is 0 Å². The summed E-state index contributed by atoms with van der Waals surface area (Å²) < 4.78 is 5.40. The van der Waals surface area contributed by atoms with E-state index in [2.05, 4.69) is 0 Å². The van der Waals surface area contributed by atoms with E-state index >= 15 is 0 Å². The molecular formula is C17H23NO3. The second-order valence-corrected chi connectivity index (χ2v) is 6.59. The summed E-state index contributed by atoms with van der Waals surface area (Å²) in [6.45, 7) is 8.53. The van der Waals surface area contributed by atoms with Crippen molar-refractivity contribution in [3.63, 3.8) is 0 Å². The Balaban J connectivity index is 2.04. The molecule has 1 unspecified atom stereocenters. The third kappa shape index (κ3) is 4.06. The minimum absolute atomic E-state index is 0.0684. The van der Waals surface area contributed by atoms with E-state index in [1.165, 1.54) is 0 Å². The molecule has 2 rings (SSSR count). The summed E-state index contributed by atoms with van der Waals surface area (Å²) >= 11 is 0. The predicted molar refractivity (Wildman–Crippen MR) is 81.6 cm³/mol. The number of hydrogen-bond donors (Lipinski definition) is 0. The molecule has 0 bridgehead atoms. The molecule has 0 N–H and O–H groups in total. The van der Waals surface area contributed by atoms with Gasteiger partial charge in [0.25, 0.3) is 0 Å². The lowest BCUT2D eigenvalue weighted by molar-refractivity contribution is 0.0292. The van der Waals surface area contributed by atoms with Gasteiger partial charge >= 0.3 is 6.09 Å². The lowest BCUT2D eigenvalue weighted by atomic mass is 9.96. The Hall–Kier alpha value is -1.84. The van der Waals surface area contributed by atoms with Crippen LogP contribution in [0.25, 0.3) is 0 Å². The van der Waals surface area contributed by atoms with Crippen LogP contribution in [0.1, 0.15) is 56.0 Å². The molecule has 114 valence electrons. The normalized spacial score (nSPS) is 18.7. The summed E-state index contributed by atoms with van der Waals surface area (Å²) in [6.07, 6.45) is 0.647. The molecule has 0 saturated carbocycles. The Labute approximate surface area is 126 Å². The Morgan fingerprint density at radius 2 is 2.00 bits per heavy atom. The minimum atomic E-state index is -0.469. The summed E-state index contributed by atoms with van der Waals surface area (Å²) in [5.74, 6) is 0.343. The second kappa shape index (κ2) is 5.88. The van der Waals surface area contributed by atoms with E-state index in [0.29, 0.717) is 13.1 Å². The van der Waals surface area contributed by atoms with E-state index in [0.717, 1.165) is 17.5 Å². The van der Waals surface area contributed by atoms with Gasteiger partial charge in [0.1, 0.15) is 5.60 Å². The van der Waals surface area contributed by atoms with Crippen molar-refractivity contribution in [1.29, 1.82) is 0 Å². The number of hydrogen-bond acceptors (Lipinski definition) is 3. The van der Waals surface area contributed by atoms with Gasteiger partial charge in [-0.2, -0.15) is 0 Å². The molecule has 1 aliphatic heterocycles. The lowest BCUT2D eigenvalue weighted by Gasteiger charge is -2.24. The number of nitrogens with zero attached hydrogens (tertiary/aromatic N) is 1. The molecule has 0 aromatic heterocycles. The number of carbonyl (C=O) groups excluding carboxylic acids is 2. The number of Topliss-reactive ketones (excluding diaryl/α,β-unsaturated/α-hetero) is 1. The number of ketones is 1. The van der Waals surface area contributed by atoms with E-state index < -0.39 is 5.60 Å². The Bertz CT molecular complexity index is 545. The quantitative estimate of drug-likeness (QED) is 0.781. The van der Waals surface area contributed by atoms with Crippen LogP contribution in [0.3, 0.4) is 0 Å². The van der Waals surface area contributed by atoms with Gasteiger partial charge in [-0.1, -0.05) is 18.2 Å². The summed E-state index contributed by atoms with van der Waals surface area (Å²) in [5, 5.41) is 0. The molecule has 1 fully saturated rings. The number of benzene rings is 1. The highest BCUT2D eigenvalue weighted by molar-refractivity contribution is 5.94. The first kappa shape index (κ1) is 15.5. The molecule has 1 atom stereocenters. The molecular weight excluding hydrogens is 266 g/mol. The molecule has 4 heteroatoms. The zero-order valence-electron chi connectivity index (χ0n) is 13.2. The molecule has 1 saturated heterocycles. The van der Waals surface area contributed by atoms with Gasteiger partial charge in [-0.25, -0.2) is 4.79 Å². The molecule has 0 aliphatic carbocycles. The average molecular weight is 289 g/mol. The molecule has 21 heavy (non-hydrogen) atoms. The molecule has 0 spiro atoms. The first-order valence-electron chi connectivity index (χ1n) is 7.35. The SMILES string of the molecule is CC(=O)c1cccc(C2CCN(C(=O)OC(C)(C)C)C2)c1. The van der Waals surface area contributed by atoms with Crippen molar-refractivity contribution in [3.05, 3.63) is 35.4 Å². The highest BCUT2D eigenvalue weighted by Crippen LogP contribution is 2.28. The highest BCUT2D eigenvalue weighted by Gasteiger charge is 2.30. The maximum atomic E-state index is 12.1. The van der Waals surface area contributed by atoms with Gasteiger partial charge in [0.2, 0.25) is 0 Å². The molecule has 1 heterocycles. The van der Waals surface area contributed by atoms with E-state index in [9.17, 15) is 9.59 Å². The first-order valence-corrected chi connectivity index (χ1v) is 7.35. The lowest BCUT2D eigenvalue weighted by Crippen LogP contribution is -2.35. The van der Waals surface area contributed by atoms with Crippen molar-refractivity contribution in [2.75, 3.05) is 13.1 Å². The fraction of sp³-hybridized carbons (Fsp3) is 0.529. The molecule has 1 aromatic carbocycles.